The molecular formula is C33H40O19. The first-order valence-electron chi connectivity index (χ1n) is 15.5. The molecule has 9 N–H and O–H groups in total. The fraction of sp³-hybridized carbons (Fsp3) is 0.455. The van der Waals surface area contributed by atoms with Gasteiger partial charge in [0, 0.05) is 12.2 Å². The number of hydrogen-bond acceptors (Lipinski definition) is 19. The van der Waals surface area contributed by atoms with Crippen LogP contribution in [0, 0.1) is 0 Å². The fourth-order valence-electron chi connectivity index (χ4n) is 5.19. The van der Waals surface area contributed by atoms with Gasteiger partial charge >= 0.3 is 11.9 Å². The van der Waals surface area contributed by atoms with Crippen molar-refractivity contribution < 1.29 is 93.4 Å². The lowest BCUT2D eigenvalue weighted by Crippen LogP contribution is -2.62. The highest BCUT2D eigenvalue weighted by molar-refractivity contribution is 5.88. The number of ether oxygens (including phenoxy) is 8. The number of aliphatic hydroxyl groups is 6. The van der Waals surface area contributed by atoms with E-state index in [9.17, 15) is 55.5 Å². The first-order chi connectivity index (χ1) is 24.7. The summed E-state index contributed by atoms with van der Waals surface area (Å²) in [4.78, 5) is 25.4. The van der Waals surface area contributed by atoms with Crippen molar-refractivity contribution in [3.63, 3.8) is 0 Å². The van der Waals surface area contributed by atoms with Gasteiger partial charge in [-0.3, -0.25) is 0 Å². The first kappa shape index (κ1) is 40.1. The molecule has 0 aromatic heterocycles. The summed E-state index contributed by atoms with van der Waals surface area (Å²) in [6.07, 6.45) is -13.3. The molecule has 0 radical (unpaired) electrons. The molecule has 10 unspecified atom stereocenters. The van der Waals surface area contributed by atoms with Crippen LogP contribution in [0.5, 0.6) is 34.5 Å². The van der Waals surface area contributed by atoms with Gasteiger partial charge in [0.25, 0.3) is 0 Å². The van der Waals surface area contributed by atoms with E-state index in [2.05, 4.69) is 0 Å². The molecule has 4 rings (SSSR count). The van der Waals surface area contributed by atoms with E-state index in [1.807, 2.05) is 0 Å². The number of benzene rings is 2. The van der Waals surface area contributed by atoms with Gasteiger partial charge in [-0.1, -0.05) is 0 Å². The van der Waals surface area contributed by atoms with Crippen LogP contribution >= 0.6 is 0 Å². The van der Waals surface area contributed by atoms with Crippen molar-refractivity contribution in [3.8, 4) is 34.5 Å². The van der Waals surface area contributed by atoms with Crippen LogP contribution in [-0.2, 0) is 33.3 Å². The van der Waals surface area contributed by atoms with E-state index in [0.717, 1.165) is 18.2 Å². The standard InChI is InChI=1S/C33H40O19/c1-45-17-9-14(8-16(35)24(17)38)4-7-23(37)52-32-30(44)28(42)27(41)21(50-32)13-48-33-31(29(43)26(40)20(12-34)49-33)51-22(36)6-5-15-10-18(46-2)25(39)19(11-15)47-3/h4-11,20-21,26-35,38-44H,12-13H2,1-3H3. The third kappa shape index (κ3) is 9.20. The highest BCUT2D eigenvalue weighted by Gasteiger charge is 2.49. The third-order valence-corrected chi connectivity index (χ3v) is 8.03. The van der Waals surface area contributed by atoms with Gasteiger partial charge in [0.1, 0.15) is 42.7 Å². The fourth-order valence-corrected chi connectivity index (χ4v) is 5.19. The van der Waals surface area contributed by atoms with Gasteiger partial charge in [0.2, 0.25) is 17.8 Å². The van der Waals surface area contributed by atoms with Gasteiger partial charge in [-0.05, 0) is 47.5 Å². The van der Waals surface area contributed by atoms with Crippen LogP contribution < -0.4 is 14.2 Å². The molecule has 0 bridgehead atoms. The Hall–Kier alpha value is -4.70. The monoisotopic (exact) mass is 740 g/mol. The molecule has 0 aliphatic carbocycles. The second kappa shape index (κ2) is 17.7. The second-order valence-electron chi connectivity index (χ2n) is 11.4. The molecule has 2 aromatic rings. The molecule has 0 amide bonds. The van der Waals surface area contributed by atoms with Crippen LogP contribution in [0.15, 0.2) is 36.4 Å². The molecule has 10 atom stereocenters. The van der Waals surface area contributed by atoms with Gasteiger partial charge < -0.3 is 83.9 Å². The Bertz CT molecular complexity index is 1580. The van der Waals surface area contributed by atoms with Gasteiger partial charge in [0.15, 0.2) is 35.4 Å². The van der Waals surface area contributed by atoms with Crippen LogP contribution in [0.25, 0.3) is 12.2 Å². The molecule has 2 heterocycles. The normalized spacial score (nSPS) is 29.2. The highest BCUT2D eigenvalue weighted by atomic mass is 16.7. The van der Waals surface area contributed by atoms with Crippen molar-refractivity contribution in [2.24, 2.45) is 0 Å². The summed E-state index contributed by atoms with van der Waals surface area (Å²) in [5, 5.41) is 92.1. The van der Waals surface area contributed by atoms with E-state index in [-0.39, 0.29) is 28.6 Å². The van der Waals surface area contributed by atoms with Crippen LogP contribution in [0.4, 0.5) is 0 Å². The van der Waals surface area contributed by atoms with Crippen molar-refractivity contribution in [1.82, 2.24) is 0 Å². The quantitative estimate of drug-likeness (QED) is 0.0627. The number of phenols is 3. The van der Waals surface area contributed by atoms with Gasteiger partial charge in [-0.15, -0.1) is 0 Å². The van der Waals surface area contributed by atoms with Crippen molar-refractivity contribution in [3.05, 3.63) is 47.5 Å². The average Bonchev–Trinajstić information content (AvgIpc) is 3.13. The zero-order valence-electron chi connectivity index (χ0n) is 27.9. The molecule has 19 nitrogen and oxygen atoms in total. The molecule has 0 saturated carbocycles. The second-order valence-corrected chi connectivity index (χ2v) is 11.4. The Kier molecular flexibility index (Phi) is 13.6. The minimum absolute atomic E-state index is 0.0459. The summed E-state index contributed by atoms with van der Waals surface area (Å²) in [6, 6.07) is 5.20. The number of carbonyl (C=O) groups excluding carboxylic acids is 2. The summed E-state index contributed by atoms with van der Waals surface area (Å²) in [6.45, 7) is -1.50. The molecule has 0 spiro atoms. The minimum atomic E-state index is -1.93. The number of hydrogen-bond donors (Lipinski definition) is 9. The summed E-state index contributed by atoms with van der Waals surface area (Å²) < 4.78 is 42.2. The lowest BCUT2D eigenvalue weighted by molar-refractivity contribution is -0.327. The molecule has 2 aliphatic heterocycles. The van der Waals surface area contributed by atoms with Crippen molar-refractivity contribution in [2.45, 2.75) is 61.4 Å². The minimum Gasteiger partial charge on any atom is -0.504 e. The zero-order chi connectivity index (χ0) is 38.3. The molecular weight excluding hydrogens is 700 g/mol. The van der Waals surface area contributed by atoms with E-state index >= 15 is 0 Å². The summed E-state index contributed by atoms with van der Waals surface area (Å²) in [5.41, 5.74) is 0.551. The number of aliphatic hydroxyl groups excluding tert-OH is 6. The van der Waals surface area contributed by atoms with Crippen molar-refractivity contribution >= 4 is 24.1 Å². The zero-order valence-corrected chi connectivity index (χ0v) is 27.9. The molecule has 2 aromatic carbocycles. The maximum atomic E-state index is 12.8. The van der Waals surface area contributed by atoms with E-state index in [4.69, 9.17) is 37.9 Å². The predicted molar refractivity (Wildman–Crippen MR) is 172 cm³/mol. The third-order valence-electron chi connectivity index (χ3n) is 8.03. The SMILES string of the molecule is COc1cc(C=CC(=O)OC2OC(COC3OC(CO)C(O)C(O)C3OC(=O)C=Cc3cc(OC)c(O)c(OC)c3)C(O)C(O)C2O)cc(O)c1O. The van der Waals surface area contributed by atoms with Crippen LogP contribution in [-0.4, -0.2) is 154 Å². The predicted octanol–water partition coefficient (Wildman–Crippen LogP) is -1.73. The lowest BCUT2D eigenvalue weighted by atomic mass is 9.98. The number of phenolic OH excluding ortho intramolecular Hbond substituents is 3. The van der Waals surface area contributed by atoms with Crippen LogP contribution in [0.2, 0.25) is 0 Å². The number of rotatable bonds is 13. The molecule has 19 heteroatoms. The molecule has 52 heavy (non-hydrogen) atoms. The Morgan fingerprint density at radius 3 is 1.71 bits per heavy atom. The Morgan fingerprint density at radius 1 is 0.654 bits per heavy atom. The lowest BCUT2D eigenvalue weighted by Gasteiger charge is -2.43. The number of esters is 2. The molecule has 286 valence electrons. The molecule has 2 fully saturated rings. The van der Waals surface area contributed by atoms with E-state index in [1.165, 1.54) is 51.7 Å². The van der Waals surface area contributed by atoms with Gasteiger partial charge in [0.05, 0.1) is 34.5 Å². The number of aromatic hydroxyl groups is 3. The molecule has 2 aliphatic rings. The average molecular weight is 741 g/mol. The maximum Gasteiger partial charge on any atom is 0.333 e. The van der Waals surface area contributed by atoms with E-state index in [0.29, 0.717) is 5.56 Å². The maximum absolute atomic E-state index is 12.8. The van der Waals surface area contributed by atoms with Crippen molar-refractivity contribution in [2.75, 3.05) is 34.5 Å². The highest BCUT2D eigenvalue weighted by Crippen LogP contribution is 2.38. The van der Waals surface area contributed by atoms with E-state index in [1.54, 1.807) is 0 Å². The van der Waals surface area contributed by atoms with Gasteiger partial charge in [-0.25, -0.2) is 9.59 Å². The summed E-state index contributed by atoms with van der Waals surface area (Å²) in [7, 11) is 3.86. The first-order valence-corrected chi connectivity index (χ1v) is 15.5. The Balaban J connectivity index is 1.44. The topological polar surface area (TPSA) is 290 Å². The summed E-state index contributed by atoms with van der Waals surface area (Å²) in [5.74, 6) is -3.47. The largest absolute Gasteiger partial charge is 0.504 e. The Labute approximate surface area is 295 Å². The van der Waals surface area contributed by atoms with Gasteiger partial charge in [-0.2, -0.15) is 0 Å². The van der Waals surface area contributed by atoms with E-state index < -0.39 is 98.1 Å². The number of carbonyl (C=O) groups is 2. The Morgan fingerprint density at radius 2 is 1.15 bits per heavy atom. The van der Waals surface area contributed by atoms with Crippen LogP contribution in [0.3, 0.4) is 0 Å². The van der Waals surface area contributed by atoms with Crippen LogP contribution in [0.1, 0.15) is 11.1 Å². The smallest absolute Gasteiger partial charge is 0.333 e. The summed E-state index contributed by atoms with van der Waals surface area (Å²) >= 11 is 0. The molecule has 2 saturated heterocycles. The van der Waals surface area contributed by atoms with Crippen molar-refractivity contribution in [1.29, 1.82) is 0 Å². The number of methoxy groups -OCH3 is 3.